The van der Waals surface area contributed by atoms with E-state index in [-0.39, 0.29) is 10.9 Å². The third kappa shape index (κ3) is 2.51. The molecule has 1 aliphatic carbocycles. The molecule has 5 rings (SSSR count). The van der Waals surface area contributed by atoms with Gasteiger partial charge in [-0.1, -0.05) is 16.5 Å². The zero-order valence-electron chi connectivity index (χ0n) is 13.5. The van der Waals surface area contributed by atoms with E-state index in [1.54, 1.807) is 17.7 Å². The molecule has 1 atom stereocenters. The summed E-state index contributed by atoms with van der Waals surface area (Å²) in [5, 5.41) is 7.61. The van der Waals surface area contributed by atoms with Gasteiger partial charge in [0.2, 0.25) is 0 Å². The van der Waals surface area contributed by atoms with Crippen molar-refractivity contribution in [3.05, 3.63) is 49.5 Å². The van der Waals surface area contributed by atoms with E-state index in [0.717, 1.165) is 44.8 Å². The molecule has 0 amide bonds. The minimum atomic E-state index is -0.140. The number of anilines is 2. The summed E-state index contributed by atoms with van der Waals surface area (Å²) in [7, 11) is 0. The fourth-order valence-electron chi connectivity index (χ4n) is 3.44. The summed E-state index contributed by atoms with van der Waals surface area (Å²) in [4.78, 5) is 36.1. The summed E-state index contributed by atoms with van der Waals surface area (Å²) in [6.07, 6.45) is 3.81. The summed E-state index contributed by atoms with van der Waals surface area (Å²) in [6, 6.07) is 5.61. The van der Waals surface area contributed by atoms with E-state index < -0.39 is 0 Å². The maximum Gasteiger partial charge on any atom is 0.305 e. The molecule has 0 bridgehead atoms. The molecule has 1 aliphatic rings. The van der Waals surface area contributed by atoms with E-state index in [0.29, 0.717) is 6.42 Å². The van der Waals surface area contributed by atoms with Crippen LogP contribution in [0.15, 0.2) is 34.5 Å². The molecule has 1 aromatic carbocycles. The van der Waals surface area contributed by atoms with Gasteiger partial charge in [-0.05, 0) is 36.6 Å². The van der Waals surface area contributed by atoms with Crippen LogP contribution in [0.1, 0.15) is 16.9 Å². The number of hydrogen-bond donors (Lipinski definition) is 2. The fourth-order valence-corrected chi connectivity index (χ4v) is 5.47. The highest BCUT2D eigenvalue weighted by Gasteiger charge is 2.25. The van der Waals surface area contributed by atoms with Gasteiger partial charge >= 0.3 is 4.87 Å². The number of H-pyrrole nitrogens is 1. The number of nitrogens with zero attached hydrogens (tertiary/aromatic N) is 3. The van der Waals surface area contributed by atoms with Gasteiger partial charge in [-0.3, -0.25) is 4.79 Å². The molecule has 26 heavy (non-hydrogen) atoms. The Morgan fingerprint density at radius 1 is 1.27 bits per heavy atom. The SMILES string of the molecule is O=NC1CCc2c(sc3ncnc(Nc4ccc5[nH]c(=O)sc5c4)c23)C1. The van der Waals surface area contributed by atoms with Crippen LogP contribution >= 0.6 is 22.7 Å². The number of thiophene rings is 1. The highest BCUT2D eigenvalue weighted by Crippen LogP contribution is 2.39. The molecular formula is C17H13N5O2S2. The van der Waals surface area contributed by atoms with Crippen LogP contribution in [0.4, 0.5) is 11.5 Å². The summed E-state index contributed by atoms with van der Waals surface area (Å²) >= 11 is 2.80. The maximum absolute atomic E-state index is 11.5. The van der Waals surface area contributed by atoms with Gasteiger partial charge in [-0.25, -0.2) is 9.97 Å². The Bertz CT molecular complexity index is 1210. The van der Waals surface area contributed by atoms with Crippen molar-refractivity contribution in [2.45, 2.75) is 25.3 Å². The van der Waals surface area contributed by atoms with Crippen LogP contribution in [0.3, 0.4) is 0 Å². The van der Waals surface area contributed by atoms with Gasteiger partial charge in [0, 0.05) is 17.0 Å². The van der Waals surface area contributed by atoms with Crippen molar-refractivity contribution < 1.29 is 0 Å². The van der Waals surface area contributed by atoms with Crippen molar-refractivity contribution in [3.8, 4) is 0 Å². The molecule has 0 radical (unpaired) electrons. The smallest absolute Gasteiger partial charge is 0.305 e. The average molecular weight is 383 g/mol. The van der Waals surface area contributed by atoms with E-state index in [2.05, 4.69) is 25.4 Å². The van der Waals surface area contributed by atoms with Crippen LogP contribution in [0.25, 0.3) is 20.4 Å². The Hall–Kier alpha value is -2.65. The molecule has 2 N–H and O–H groups in total. The summed E-state index contributed by atoms with van der Waals surface area (Å²) in [5.41, 5.74) is 2.93. The molecule has 130 valence electrons. The maximum atomic E-state index is 11.5. The number of aromatic nitrogens is 3. The van der Waals surface area contributed by atoms with E-state index in [1.165, 1.54) is 21.8 Å². The van der Waals surface area contributed by atoms with E-state index in [1.807, 2.05) is 18.2 Å². The van der Waals surface area contributed by atoms with Crippen LogP contribution in [-0.2, 0) is 12.8 Å². The first-order valence-corrected chi connectivity index (χ1v) is 9.82. The molecule has 0 spiro atoms. The van der Waals surface area contributed by atoms with Crippen molar-refractivity contribution in [1.82, 2.24) is 15.0 Å². The molecule has 1 unspecified atom stereocenters. The molecule has 0 fully saturated rings. The molecule has 4 aromatic rings. The van der Waals surface area contributed by atoms with Crippen molar-refractivity contribution in [2.75, 3.05) is 5.32 Å². The van der Waals surface area contributed by atoms with E-state index in [4.69, 9.17) is 0 Å². The van der Waals surface area contributed by atoms with E-state index in [9.17, 15) is 9.70 Å². The van der Waals surface area contributed by atoms with Gasteiger partial charge in [0.1, 0.15) is 17.0 Å². The van der Waals surface area contributed by atoms with E-state index >= 15 is 0 Å². The number of benzene rings is 1. The Morgan fingerprint density at radius 2 is 2.19 bits per heavy atom. The topological polar surface area (TPSA) is 100 Å². The van der Waals surface area contributed by atoms with Crippen LogP contribution in [0, 0.1) is 4.91 Å². The van der Waals surface area contributed by atoms with Crippen LogP contribution in [0.2, 0.25) is 0 Å². The quantitative estimate of drug-likeness (QED) is 0.522. The molecule has 0 aliphatic heterocycles. The predicted molar refractivity (Wildman–Crippen MR) is 105 cm³/mol. The summed E-state index contributed by atoms with van der Waals surface area (Å²) in [5.74, 6) is 0.757. The zero-order chi connectivity index (χ0) is 17.7. The first-order valence-electron chi connectivity index (χ1n) is 8.19. The van der Waals surface area contributed by atoms with Crippen molar-refractivity contribution in [2.24, 2.45) is 5.18 Å². The van der Waals surface area contributed by atoms with Crippen molar-refractivity contribution in [3.63, 3.8) is 0 Å². The number of thiazole rings is 1. The number of aryl methyl sites for hydroxylation is 1. The van der Waals surface area contributed by atoms with Crippen LogP contribution in [0.5, 0.6) is 0 Å². The molecule has 7 nitrogen and oxygen atoms in total. The lowest BCUT2D eigenvalue weighted by Gasteiger charge is -2.16. The average Bonchev–Trinajstić information content (AvgIpc) is 3.20. The minimum absolute atomic E-state index is 0.0631. The zero-order valence-corrected chi connectivity index (χ0v) is 15.1. The lowest BCUT2D eigenvalue weighted by molar-refractivity contribution is 0.584. The fraction of sp³-hybridized carbons (Fsp3) is 0.235. The Labute approximate surface area is 155 Å². The second-order valence-corrected chi connectivity index (χ2v) is 8.36. The van der Waals surface area contributed by atoms with Crippen molar-refractivity contribution >= 4 is 54.6 Å². The van der Waals surface area contributed by atoms with Gasteiger partial charge in [0.15, 0.2) is 0 Å². The summed E-state index contributed by atoms with van der Waals surface area (Å²) < 4.78 is 0.901. The third-order valence-electron chi connectivity index (χ3n) is 4.65. The molecule has 0 saturated carbocycles. The second kappa shape index (κ2) is 5.96. The number of fused-ring (bicyclic) bond motifs is 4. The lowest BCUT2D eigenvalue weighted by Crippen LogP contribution is -2.15. The van der Waals surface area contributed by atoms with Crippen molar-refractivity contribution in [1.29, 1.82) is 0 Å². The largest absolute Gasteiger partial charge is 0.340 e. The number of nitroso groups, excluding NO2 is 1. The van der Waals surface area contributed by atoms with Gasteiger partial charge < -0.3 is 10.3 Å². The molecule has 0 saturated heterocycles. The molecule has 3 heterocycles. The van der Waals surface area contributed by atoms with Gasteiger partial charge in [0.05, 0.1) is 21.6 Å². The van der Waals surface area contributed by atoms with Gasteiger partial charge in [0.25, 0.3) is 0 Å². The monoisotopic (exact) mass is 383 g/mol. The second-order valence-electron chi connectivity index (χ2n) is 6.26. The number of hydrogen-bond acceptors (Lipinski definition) is 8. The first kappa shape index (κ1) is 15.6. The van der Waals surface area contributed by atoms with Crippen LogP contribution < -0.4 is 10.2 Å². The lowest BCUT2D eigenvalue weighted by atomic mass is 9.93. The highest BCUT2D eigenvalue weighted by atomic mass is 32.1. The molecule has 9 heteroatoms. The molecular weight excluding hydrogens is 370 g/mol. The van der Waals surface area contributed by atoms with Crippen LogP contribution in [-0.4, -0.2) is 21.0 Å². The molecule has 3 aromatic heterocycles. The number of aromatic amines is 1. The highest BCUT2D eigenvalue weighted by molar-refractivity contribution is 7.19. The first-order chi connectivity index (χ1) is 12.7. The predicted octanol–water partition coefficient (Wildman–Crippen LogP) is 3.96. The summed E-state index contributed by atoms with van der Waals surface area (Å²) in [6.45, 7) is 0. The Balaban J connectivity index is 1.58. The number of rotatable bonds is 3. The minimum Gasteiger partial charge on any atom is -0.340 e. The standard InChI is InChI=1S/C17H13N5O2S2/c23-17-21-11-4-2-8(5-13(11)26-17)20-15-14-10-3-1-9(22-24)6-12(10)25-16(14)19-7-18-15/h2,4-5,7,9H,1,3,6H2,(H,21,23)(H,18,19,20). The number of nitrogens with one attached hydrogen (secondary N) is 2. The normalized spacial score (nSPS) is 16.7. The third-order valence-corrected chi connectivity index (χ3v) is 6.66. The van der Waals surface area contributed by atoms with Gasteiger partial charge in [-0.2, -0.15) is 4.91 Å². The Kier molecular flexibility index (Phi) is 3.57. The Morgan fingerprint density at radius 3 is 3.08 bits per heavy atom. The van der Waals surface area contributed by atoms with Gasteiger partial charge in [-0.15, -0.1) is 11.3 Å².